The van der Waals surface area contributed by atoms with Gasteiger partial charge in [-0.3, -0.25) is 95.9 Å². The van der Waals surface area contributed by atoms with Gasteiger partial charge in [0.2, 0.25) is 53.2 Å². The van der Waals surface area contributed by atoms with E-state index >= 15 is 28.8 Å². The van der Waals surface area contributed by atoms with E-state index in [-0.39, 0.29) is 26.4 Å². The molecule has 0 spiro atoms. The minimum Gasteiger partial charge on any atom is -0.491 e. The summed E-state index contributed by atoms with van der Waals surface area (Å²) in [5.41, 5.74) is -6.20. The van der Waals surface area contributed by atoms with Crippen LogP contribution in [-0.2, 0) is 159 Å². The first kappa shape index (κ1) is 124. The fraction of sp³-hybridized carbons (Fsp3) is 0.705. The van der Waals surface area contributed by atoms with Crippen LogP contribution < -0.4 is 58.3 Å². The molecule has 778 valence electrons. The van der Waals surface area contributed by atoms with Crippen molar-refractivity contribution in [1.82, 2.24) is 47.9 Å². The van der Waals surface area contributed by atoms with Crippen molar-refractivity contribution in [3.8, 4) is 17.6 Å². The molecule has 0 aliphatic heterocycles. The number of Topliss-reactive ketones (excluding diaryl/α,β-unsaturated/α-hetero) is 1. The summed E-state index contributed by atoms with van der Waals surface area (Å²) < 4.78 is 71.7. The van der Waals surface area contributed by atoms with Gasteiger partial charge in [0, 0.05) is 6.42 Å². The van der Waals surface area contributed by atoms with E-state index < -0.39 is 306 Å². The quantitative estimate of drug-likeness (QED) is 0.0189. The van der Waals surface area contributed by atoms with Gasteiger partial charge in [0.05, 0.1) is 96.1 Å². The third-order valence-corrected chi connectivity index (χ3v) is 16.6. The first-order valence-corrected chi connectivity index (χ1v) is 45.1. The van der Waals surface area contributed by atoms with Crippen molar-refractivity contribution in [2.45, 2.75) is 402 Å². The summed E-state index contributed by atoms with van der Waals surface area (Å²) >= 11 is 0. The fourth-order valence-electron chi connectivity index (χ4n) is 11.6. The van der Waals surface area contributed by atoms with E-state index in [4.69, 9.17) is 67.3 Å². The fourth-order valence-corrected chi connectivity index (χ4v) is 11.6. The summed E-state index contributed by atoms with van der Waals surface area (Å²) in [5.74, 6) is -19.7. The summed E-state index contributed by atoms with van der Waals surface area (Å²) in [5, 5.41) is 20.5. The maximum absolute atomic E-state index is 15.4. The molecule has 1 rings (SSSR count). The lowest BCUT2D eigenvalue weighted by Crippen LogP contribution is -2.61. The summed E-state index contributed by atoms with van der Waals surface area (Å²) in [6, 6.07) is -15.3. The molecule has 9 amide bonds. The number of hydrogen-bond acceptors (Lipinski definition) is 34. The minimum atomic E-state index is -2.36. The van der Waals surface area contributed by atoms with E-state index in [0.717, 1.165) is 0 Å². The lowest BCUT2D eigenvalue weighted by atomic mass is 10.00. The van der Waals surface area contributed by atoms with E-state index in [1.807, 2.05) is 0 Å². The van der Waals surface area contributed by atoms with Gasteiger partial charge in [0.1, 0.15) is 123 Å². The molecule has 1 aromatic carbocycles. The van der Waals surface area contributed by atoms with E-state index in [1.165, 1.54) is 166 Å². The number of rotatable bonds is 49. The van der Waals surface area contributed by atoms with E-state index in [0.29, 0.717) is 17.9 Å². The van der Waals surface area contributed by atoms with Crippen LogP contribution in [0.25, 0.3) is 0 Å². The third kappa shape index (κ3) is 58.6. The Morgan fingerprint density at radius 2 is 0.435 bits per heavy atom. The van der Waals surface area contributed by atoms with Crippen molar-refractivity contribution in [3.05, 3.63) is 29.8 Å². The number of hydrogen-bond donors (Lipinski definition) is 10. The van der Waals surface area contributed by atoms with E-state index in [1.54, 1.807) is 72.7 Å². The van der Waals surface area contributed by atoms with Crippen molar-refractivity contribution in [2.24, 2.45) is 5.73 Å². The molecule has 0 aromatic heterocycles. The van der Waals surface area contributed by atoms with Crippen molar-refractivity contribution in [3.63, 3.8) is 0 Å². The number of ether oxygens (including phenoxy) is 13. The smallest absolute Gasteiger partial charge is 0.308 e. The topological polar surface area (TPSA) is 596 Å². The second-order valence-electron chi connectivity index (χ2n) is 42.3. The van der Waals surface area contributed by atoms with E-state index in [9.17, 15) is 67.1 Å². The van der Waals surface area contributed by atoms with Gasteiger partial charge in [-0.2, -0.15) is 0 Å². The Balaban J connectivity index is 4.49. The Hall–Kier alpha value is -11.9. The van der Waals surface area contributed by atoms with Crippen molar-refractivity contribution >= 4 is 119 Å². The predicted molar refractivity (Wildman–Crippen MR) is 496 cm³/mol. The molecule has 43 nitrogen and oxygen atoms in total. The molecule has 0 aliphatic carbocycles. The minimum absolute atomic E-state index is 0.137. The zero-order chi connectivity index (χ0) is 107. The Kier molecular flexibility index (Phi) is 48.9. The molecule has 0 saturated carbocycles. The highest BCUT2D eigenvalue weighted by Crippen LogP contribution is 2.23. The van der Waals surface area contributed by atoms with Crippen molar-refractivity contribution in [2.75, 3.05) is 33.0 Å². The summed E-state index contributed by atoms with van der Waals surface area (Å²) in [7, 11) is 0. The standard InChI is InChI=1S/C95H150N10O33/c1-32-33-38-126-39-40-127-41-42-128-55-36-34-54(35-37-55)43-66(106)57(45-68(108)130-87(5,6)7)97-78(118)59(47-70(110)132-89(11,12)13)99-80(120)61(49-72(112)134-91(17,18)19)101-82(122)63(51-74(114)136-93(23,24)25)103-84(124)65(53-76(116)138-95(29,30)31)105-85(125)64(52-75(115)137-94(26,27)28)104-83(123)62(50-73(113)135-92(20,21)22)102-81(121)60(48-71(111)133-90(14,15)16)100-79(119)58(46-69(109)131-88(8,9)10)98-77(117)56(96)44-67(107)129-86(2,3)4/h34-37,56-65H,38-53,96H2,1-31H3,(H,97,118)(H,98,117)(H,99,120)(H,100,119)(H,101,122)(H,102,121)(H,103,124)(H,104,123)(H,105,125)/t56-,57-,58-,59-,60-,61-,62-,63-,64-,65-/m0/s1. The molecular weight excluding hydrogens is 1810 g/mol. The highest BCUT2D eigenvalue weighted by molar-refractivity contribution is 6.03. The number of nitrogens with two attached hydrogens (primary N) is 1. The number of ketones is 1. The zero-order valence-electron chi connectivity index (χ0n) is 85.9. The van der Waals surface area contributed by atoms with Gasteiger partial charge in [0.25, 0.3) is 0 Å². The molecular formula is C95H150N10O33. The first-order valence-electron chi connectivity index (χ1n) is 45.1. The van der Waals surface area contributed by atoms with Crippen LogP contribution in [0.2, 0.25) is 0 Å². The van der Waals surface area contributed by atoms with Gasteiger partial charge in [-0.15, -0.1) is 5.92 Å². The number of carbonyl (C=O) groups excluding carboxylic acids is 20. The second-order valence-corrected chi connectivity index (χ2v) is 42.3. The normalized spacial score (nSPS) is 14.3. The Morgan fingerprint density at radius 3 is 0.645 bits per heavy atom. The van der Waals surface area contributed by atoms with Crippen LogP contribution in [0.4, 0.5) is 0 Å². The van der Waals surface area contributed by atoms with Crippen LogP contribution >= 0.6 is 0 Å². The molecule has 0 unspecified atom stereocenters. The number of nitrogens with one attached hydrogen (secondary N) is 9. The van der Waals surface area contributed by atoms with Crippen LogP contribution in [0.15, 0.2) is 24.3 Å². The first-order chi connectivity index (χ1) is 62.7. The number of carbonyl (C=O) groups is 20. The van der Waals surface area contributed by atoms with Crippen LogP contribution in [0.5, 0.6) is 5.75 Å². The van der Waals surface area contributed by atoms with Gasteiger partial charge < -0.3 is 115 Å². The molecule has 10 atom stereocenters. The van der Waals surface area contributed by atoms with Gasteiger partial charge in [-0.1, -0.05) is 18.1 Å². The Bertz CT molecular complexity index is 4460. The summed E-state index contributed by atoms with van der Waals surface area (Å²) in [6.07, 6.45) is -11.2. The largest absolute Gasteiger partial charge is 0.491 e. The maximum atomic E-state index is 15.4. The van der Waals surface area contributed by atoms with Gasteiger partial charge in [-0.25, -0.2) is 0 Å². The number of benzene rings is 1. The number of amides is 9. The molecule has 0 fully saturated rings. The van der Waals surface area contributed by atoms with Gasteiger partial charge in [-0.05, 0) is 232 Å². The lowest BCUT2D eigenvalue weighted by molar-refractivity contribution is -0.159. The molecule has 11 N–H and O–H groups in total. The highest BCUT2D eigenvalue weighted by Gasteiger charge is 2.43. The molecule has 0 aliphatic rings. The molecule has 138 heavy (non-hydrogen) atoms. The van der Waals surface area contributed by atoms with Crippen molar-refractivity contribution < 1.29 is 157 Å². The SMILES string of the molecule is CC#CCOCCOCCOc1ccc(CC(=O)[C@H](CC(=O)OC(C)(C)C)NC(=O)[C@H](CC(=O)OC(C)(C)C)NC(=O)[C@H](CC(=O)OC(C)(C)C)NC(=O)[C@H](CC(=O)OC(C)(C)C)NC(=O)[C@H](CC(=O)OC(C)(C)C)NC(=O)[C@H](CC(=O)OC(C)(C)C)NC(=O)[C@H](CC(=O)OC(C)(C)C)NC(=O)[C@H](CC(=O)OC(C)(C)C)NC(=O)[C@H](CC(=O)OC(C)(C)C)NC(=O)[C@@H](N)CC(=O)OC(C)(C)C)cc1. The van der Waals surface area contributed by atoms with Gasteiger partial charge in [0.15, 0.2) is 5.78 Å². The average molecular weight is 1960 g/mol. The van der Waals surface area contributed by atoms with Crippen molar-refractivity contribution in [1.29, 1.82) is 0 Å². The highest BCUT2D eigenvalue weighted by atomic mass is 16.6. The van der Waals surface area contributed by atoms with Gasteiger partial charge >= 0.3 is 59.7 Å². The second kappa shape index (κ2) is 54.4. The van der Waals surface area contributed by atoms with Crippen LogP contribution in [0.3, 0.4) is 0 Å². The lowest BCUT2D eigenvalue weighted by Gasteiger charge is -2.29. The average Bonchev–Trinajstić information content (AvgIpc) is 0.835. The number of esters is 10. The maximum Gasteiger partial charge on any atom is 0.308 e. The summed E-state index contributed by atoms with van der Waals surface area (Å²) in [6.45, 7) is 46.6. The molecule has 0 heterocycles. The van der Waals surface area contributed by atoms with Crippen LogP contribution in [-0.4, -0.2) is 268 Å². The monoisotopic (exact) mass is 1960 g/mol. The molecule has 43 heteroatoms. The molecule has 0 saturated heterocycles. The molecule has 1 aromatic rings. The zero-order valence-corrected chi connectivity index (χ0v) is 85.9. The van der Waals surface area contributed by atoms with Crippen LogP contribution in [0.1, 0.15) is 284 Å². The Labute approximate surface area is 808 Å². The Morgan fingerprint density at radius 1 is 0.254 bits per heavy atom. The van der Waals surface area contributed by atoms with E-state index in [2.05, 4.69) is 59.7 Å². The molecule has 0 radical (unpaired) electrons. The van der Waals surface area contributed by atoms with Crippen LogP contribution in [0, 0.1) is 11.8 Å². The predicted octanol–water partition coefficient (Wildman–Crippen LogP) is 4.24. The third-order valence-electron chi connectivity index (χ3n) is 16.6. The molecule has 0 bridgehead atoms. The summed E-state index contributed by atoms with van der Waals surface area (Å²) in [4.78, 5) is 287.